The zero-order valence-electron chi connectivity index (χ0n) is 6.51. The highest BCUT2D eigenvalue weighted by atomic mass is 16.5. The minimum Gasteiger partial charge on any atom is -0.386 e. The van der Waals surface area contributed by atoms with Crippen molar-refractivity contribution < 1.29 is 9.47 Å². The van der Waals surface area contributed by atoms with Crippen LogP contribution < -0.4 is 5.73 Å². The molecule has 0 aromatic carbocycles. The molecule has 0 aliphatic carbocycles. The number of hydrogen-bond donors (Lipinski definition) is 2. The maximum atomic E-state index is 6.88. The van der Waals surface area contributed by atoms with Crippen molar-refractivity contribution in [3.63, 3.8) is 0 Å². The van der Waals surface area contributed by atoms with Gasteiger partial charge in [0, 0.05) is 6.61 Å². The number of ether oxygens (including phenoxy) is 2. The quantitative estimate of drug-likeness (QED) is 0.451. The highest BCUT2D eigenvalue weighted by molar-refractivity contribution is 5.78. The van der Waals surface area contributed by atoms with E-state index in [2.05, 4.69) is 0 Å². The molecule has 1 saturated heterocycles. The molecule has 4 nitrogen and oxygen atoms in total. The van der Waals surface area contributed by atoms with Crippen molar-refractivity contribution in [1.29, 1.82) is 5.41 Å². The van der Waals surface area contributed by atoms with Crippen LogP contribution in [0.5, 0.6) is 0 Å². The molecular weight excluding hydrogens is 144 g/mol. The molecule has 11 heavy (non-hydrogen) atoms. The summed E-state index contributed by atoms with van der Waals surface area (Å²) in [6, 6.07) is 0. The molecule has 0 amide bonds. The van der Waals surface area contributed by atoms with Crippen molar-refractivity contribution in [3.05, 3.63) is 0 Å². The minimum absolute atomic E-state index is 0.0722. The summed E-state index contributed by atoms with van der Waals surface area (Å²) in [5.74, 6) is 0.0722. The van der Waals surface area contributed by atoms with Crippen LogP contribution in [0.25, 0.3) is 0 Å². The molecule has 1 aliphatic rings. The van der Waals surface area contributed by atoms with E-state index in [-0.39, 0.29) is 18.5 Å². The molecule has 0 radical (unpaired) electrons. The molecule has 0 aromatic rings. The van der Waals surface area contributed by atoms with E-state index in [1.54, 1.807) is 0 Å². The number of nitrogens with one attached hydrogen (secondary N) is 1. The van der Waals surface area contributed by atoms with Crippen molar-refractivity contribution in [2.45, 2.75) is 18.9 Å². The summed E-state index contributed by atoms with van der Waals surface area (Å²) in [4.78, 5) is 0. The SMILES string of the molecule is N=C(N)COCC1CCCO1. The normalized spacial score (nSPS) is 23.8. The summed E-state index contributed by atoms with van der Waals surface area (Å²) in [6.07, 6.45) is 2.42. The minimum atomic E-state index is 0.0722. The molecule has 1 rings (SSSR count). The Labute approximate surface area is 66.2 Å². The van der Waals surface area contributed by atoms with Crippen molar-refractivity contribution in [1.82, 2.24) is 0 Å². The van der Waals surface area contributed by atoms with Gasteiger partial charge in [0.15, 0.2) is 0 Å². The van der Waals surface area contributed by atoms with Gasteiger partial charge in [0.1, 0.15) is 12.4 Å². The first-order valence-electron chi connectivity index (χ1n) is 3.81. The van der Waals surface area contributed by atoms with Crippen molar-refractivity contribution in [3.8, 4) is 0 Å². The molecule has 0 spiro atoms. The number of nitrogens with two attached hydrogens (primary N) is 1. The lowest BCUT2D eigenvalue weighted by Crippen LogP contribution is -2.22. The molecule has 1 fully saturated rings. The Bertz CT molecular complexity index is 132. The topological polar surface area (TPSA) is 68.3 Å². The number of rotatable bonds is 4. The van der Waals surface area contributed by atoms with Gasteiger partial charge in [-0.15, -0.1) is 0 Å². The highest BCUT2D eigenvalue weighted by Gasteiger charge is 2.14. The molecule has 1 atom stereocenters. The van der Waals surface area contributed by atoms with Gasteiger partial charge < -0.3 is 15.2 Å². The van der Waals surface area contributed by atoms with E-state index < -0.39 is 0 Å². The summed E-state index contributed by atoms with van der Waals surface area (Å²) in [6.45, 7) is 1.63. The maximum absolute atomic E-state index is 6.88. The summed E-state index contributed by atoms with van der Waals surface area (Å²) < 4.78 is 10.4. The first kappa shape index (κ1) is 8.49. The molecule has 64 valence electrons. The third-order valence-electron chi connectivity index (χ3n) is 1.59. The molecule has 0 saturated carbocycles. The van der Waals surface area contributed by atoms with Crippen LogP contribution in [0.15, 0.2) is 0 Å². The fourth-order valence-electron chi connectivity index (χ4n) is 1.08. The molecule has 1 unspecified atom stereocenters. The monoisotopic (exact) mass is 158 g/mol. The van der Waals surface area contributed by atoms with Gasteiger partial charge in [0.05, 0.1) is 12.7 Å². The fourth-order valence-corrected chi connectivity index (χ4v) is 1.08. The Hall–Kier alpha value is -0.610. The zero-order chi connectivity index (χ0) is 8.10. The van der Waals surface area contributed by atoms with Crippen molar-refractivity contribution in [2.24, 2.45) is 5.73 Å². The third kappa shape index (κ3) is 3.34. The van der Waals surface area contributed by atoms with E-state index in [0.29, 0.717) is 6.61 Å². The molecule has 4 heteroatoms. The van der Waals surface area contributed by atoms with Crippen LogP contribution in [0.2, 0.25) is 0 Å². The van der Waals surface area contributed by atoms with Crippen LogP contribution in [0.4, 0.5) is 0 Å². The second kappa shape index (κ2) is 4.31. The average molecular weight is 158 g/mol. The van der Waals surface area contributed by atoms with Gasteiger partial charge in [-0.05, 0) is 12.8 Å². The van der Waals surface area contributed by atoms with Gasteiger partial charge in [-0.25, -0.2) is 0 Å². The van der Waals surface area contributed by atoms with E-state index >= 15 is 0 Å². The summed E-state index contributed by atoms with van der Waals surface area (Å²) in [7, 11) is 0. The fraction of sp³-hybridized carbons (Fsp3) is 0.857. The number of hydrogen-bond acceptors (Lipinski definition) is 3. The van der Waals surface area contributed by atoms with E-state index in [9.17, 15) is 0 Å². The second-order valence-electron chi connectivity index (χ2n) is 2.68. The van der Waals surface area contributed by atoms with Gasteiger partial charge in [-0.1, -0.05) is 0 Å². The second-order valence-corrected chi connectivity index (χ2v) is 2.68. The third-order valence-corrected chi connectivity index (χ3v) is 1.59. The van der Waals surface area contributed by atoms with E-state index in [0.717, 1.165) is 19.4 Å². The lowest BCUT2D eigenvalue weighted by atomic mass is 10.2. The van der Waals surface area contributed by atoms with Gasteiger partial charge in [0.25, 0.3) is 0 Å². The van der Waals surface area contributed by atoms with Crippen LogP contribution in [0.1, 0.15) is 12.8 Å². The number of amidine groups is 1. The molecule has 0 aromatic heterocycles. The zero-order valence-corrected chi connectivity index (χ0v) is 6.51. The first-order valence-corrected chi connectivity index (χ1v) is 3.81. The standard InChI is InChI=1S/C7H14N2O2/c8-7(9)5-10-4-6-2-1-3-11-6/h6H,1-5H2,(H3,8,9). The summed E-state index contributed by atoms with van der Waals surface area (Å²) in [5, 5.41) is 6.88. The summed E-state index contributed by atoms with van der Waals surface area (Å²) >= 11 is 0. The Morgan fingerprint density at radius 3 is 3.09 bits per heavy atom. The first-order chi connectivity index (χ1) is 5.29. The van der Waals surface area contributed by atoms with Crippen LogP contribution >= 0.6 is 0 Å². The van der Waals surface area contributed by atoms with Crippen LogP contribution in [0.3, 0.4) is 0 Å². The molecule has 3 N–H and O–H groups in total. The van der Waals surface area contributed by atoms with Gasteiger partial charge in [-0.2, -0.15) is 0 Å². The van der Waals surface area contributed by atoms with E-state index in [4.69, 9.17) is 20.6 Å². The predicted molar refractivity (Wildman–Crippen MR) is 41.7 cm³/mol. The van der Waals surface area contributed by atoms with Crippen LogP contribution in [-0.2, 0) is 9.47 Å². The summed E-state index contributed by atoms with van der Waals surface area (Å²) in [5.41, 5.74) is 5.09. The predicted octanol–water partition coefficient (Wildman–Crippen LogP) is 0.118. The van der Waals surface area contributed by atoms with Crippen LogP contribution in [-0.4, -0.2) is 31.8 Å². The van der Waals surface area contributed by atoms with Gasteiger partial charge in [0.2, 0.25) is 0 Å². The van der Waals surface area contributed by atoms with E-state index in [1.165, 1.54) is 0 Å². The molecule has 1 heterocycles. The molecule has 0 bridgehead atoms. The van der Waals surface area contributed by atoms with E-state index in [1.807, 2.05) is 0 Å². The molecule has 1 aliphatic heterocycles. The largest absolute Gasteiger partial charge is 0.386 e. The Morgan fingerprint density at radius 1 is 1.73 bits per heavy atom. The molecular formula is C7H14N2O2. The Kier molecular flexibility index (Phi) is 3.32. The maximum Gasteiger partial charge on any atom is 0.117 e. The smallest absolute Gasteiger partial charge is 0.117 e. The average Bonchev–Trinajstić information content (AvgIpc) is 2.39. The van der Waals surface area contributed by atoms with Gasteiger partial charge in [-0.3, -0.25) is 5.41 Å². The van der Waals surface area contributed by atoms with Crippen LogP contribution in [0, 0.1) is 5.41 Å². The Morgan fingerprint density at radius 2 is 2.55 bits per heavy atom. The van der Waals surface area contributed by atoms with Crippen molar-refractivity contribution in [2.75, 3.05) is 19.8 Å². The van der Waals surface area contributed by atoms with Crippen molar-refractivity contribution >= 4 is 5.84 Å². The lowest BCUT2D eigenvalue weighted by molar-refractivity contribution is 0.0295. The Balaban J connectivity index is 1.98. The highest BCUT2D eigenvalue weighted by Crippen LogP contribution is 2.11. The van der Waals surface area contributed by atoms with Gasteiger partial charge >= 0.3 is 0 Å². The lowest BCUT2D eigenvalue weighted by Gasteiger charge is -2.08.